The minimum atomic E-state index is 0.666. The molecule has 0 unspecified atom stereocenters. The monoisotopic (exact) mass is 197 g/mol. The molecule has 1 fully saturated rings. The predicted molar refractivity (Wildman–Crippen MR) is 54.3 cm³/mol. The van der Waals surface area contributed by atoms with E-state index in [1.807, 2.05) is 17.5 Å². The lowest BCUT2D eigenvalue weighted by Gasteiger charge is -2.19. The highest BCUT2D eigenvalue weighted by atomic mass is 32.1. The van der Waals surface area contributed by atoms with Crippen LogP contribution in [-0.4, -0.2) is 18.2 Å². The second kappa shape index (κ2) is 4.20. The Balaban J connectivity index is 2.05. The molecule has 0 saturated carbocycles. The molecule has 0 atom stereocenters. The largest absolute Gasteiger partial charge is 0.381 e. The summed E-state index contributed by atoms with van der Waals surface area (Å²) in [4.78, 5) is 5.88. The van der Waals surface area contributed by atoms with Crippen LogP contribution in [0.4, 0.5) is 0 Å². The highest BCUT2D eigenvalue weighted by molar-refractivity contribution is 7.11. The van der Waals surface area contributed by atoms with E-state index in [9.17, 15) is 0 Å². The van der Waals surface area contributed by atoms with E-state index in [1.165, 1.54) is 9.88 Å². The molecule has 0 amide bonds. The van der Waals surface area contributed by atoms with Gasteiger partial charge in [-0.05, 0) is 19.3 Å². The first-order valence-corrected chi connectivity index (χ1v) is 5.74. The van der Waals surface area contributed by atoms with Crippen molar-refractivity contribution in [3.63, 3.8) is 0 Å². The van der Waals surface area contributed by atoms with Crippen molar-refractivity contribution in [1.29, 1.82) is 0 Å². The first kappa shape index (κ1) is 9.16. The maximum Gasteiger partial charge on any atom is 0.0960 e. The number of hydrogen-bond donors (Lipinski definition) is 0. The highest BCUT2D eigenvalue weighted by Crippen LogP contribution is 2.29. The standard InChI is InChI=1S/C10H15NOS/c1-2-9-7-11-10(13-9)8-3-5-12-6-4-8/h7-8H,2-6H2,1H3. The second-order valence-corrected chi connectivity index (χ2v) is 4.55. The zero-order valence-electron chi connectivity index (χ0n) is 7.95. The van der Waals surface area contributed by atoms with Gasteiger partial charge in [0, 0.05) is 30.2 Å². The summed E-state index contributed by atoms with van der Waals surface area (Å²) in [5.74, 6) is 0.666. The molecule has 1 aromatic heterocycles. The van der Waals surface area contributed by atoms with Gasteiger partial charge in [0.2, 0.25) is 0 Å². The zero-order valence-corrected chi connectivity index (χ0v) is 8.77. The van der Waals surface area contributed by atoms with Gasteiger partial charge in [0.25, 0.3) is 0 Å². The summed E-state index contributed by atoms with van der Waals surface area (Å²) in [6.45, 7) is 4.00. The fourth-order valence-electron chi connectivity index (χ4n) is 1.62. The summed E-state index contributed by atoms with van der Waals surface area (Å²) in [7, 11) is 0. The summed E-state index contributed by atoms with van der Waals surface area (Å²) in [6, 6.07) is 0. The SMILES string of the molecule is CCc1cnc(C2CCOCC2)s1. The second-order valence-electron chi connectivity index (χ2n) is 3.41. The summed E-state index contributed by atoms with van der Waals surface area (Å²) < 4.78 is 5.33. The van der Waals surface area contributed by atoms with Crippen molar-refractivity contribution in [2.75, 3.05) is 13.2 Å². The van der Waals surface area contributed by atoms with Gasteiger partial charge in [-0.1, -0.05) is 6.92 Å². The van der Waals surface area contributed by atoms with E-state index < -0.39 is 0 Å². The van der Waals surface area contributed by atoms with Gasteiger partial charge < -0.3 is 4.74 Å². The highest BCUT2D eigenvalue weighted by Gasteiger charge is 2.18. The van der Waals surface area contributed by atoms with Crippen LogP contribution >= 0.6 is 11.3 Å². The smallest absolute Gasteiger partial charge is 0.0960 e. The van der Waals surface area contributed by atoms with Gasteiger partial charge >= 0.3 is 0 Å². The average Bonchev–Trinajstić information content (AvgIpc) is 2.67. The molecular weight excluding hydrogens is 182 g/mol. The molecule has 3 heteroatoms. The Labute approximate surface area is 83.0 Å². The number of nitrogens with zero attached hydrogens (tertiary/aromatic N) is 1. The molecule has 0 aliphatic carbocycles. The van der Waals surface area contributed by atoms with Gasteiger partial charge in [0.1, 0.15) is 0 Å². The van der Waals surface area contributed by atoms with Gasteiger partial charge in [-0.15, -0.1) is 11.3 Å². The summed E-state index contributed by atoms with van der Waals surface area (Å²) in [5, 5.41) is 1.32. The maximum atomic E-state index is 5.33. The third-order valence-corrected chi connectivity index (χ3v) is 3.79. The molecule has 1 aliphatic rings. The van der Waals surface area contributed by atoms with Crippen LogP contribution in [0.5, 0.6) is 0 Å². The van der Waals surface area contributed by atoms with Crippen LogP contribution in [0.3, 0.4) is 0 Å². The van der Waals surface area contributed by atoms with Crippen LogP contribution < -0.4 is 0 Å². The van der Waals surface area contributed by atoms with Gasteiger partial charge in [-0.3, -0.25) is 0 Å². The van der Waals surface area contributed by atoms with Crippen LogP contribution in [0.2, 0.25) is 0 Å². The molecule has 2 heterocycles. The molecule has 0 radical (unpaired) electrons. The normalized spacial score (nSPS) is 19.2. The lowest BCUT2D eigenvalue weighted by molar-refractivity contribution is 0.0853. The van der Waals surface area contributed by atoms with E-state index in [4.69, 9.17) is 4.74 Å². The van der Waals surface area contributed by atoms with Gasteiger partial charge in [-0.25, -0.2) is 4.98 Å². The molecule has 1 saturated heterocycles. The maximum absolute atomic E-state index is 5.33. The van der Waals surface area contributed by atoms with E-state index in [0.29, 0.717) is 5.92 Å². The van der Waals surface area contributed by atoms with Crippen LogP contribution in [0, 0.1) is 0 Å². The number of hydrogen-bond acceptors (Lipinski definition) is 3. The fraction of sp³-hybridized carbons (Fsp3) is 0.700. The molecule has 1 aliphatic heterocycles. The quantitative estimate of drug-likeness (QED) is 0.727. The van der Waals surface area contributed by atoms with Crippen LogP contribution in [-0.2, 0) is 11.2 Å². The predicted octanol–water partition coefficient (Wildman–Crippen LogP) is 2.60. The summed E-state index contributed by atoms with van der Waals surface area (Å²) >= 11 is 1.87. The average molecular weight is 197 g/mol. The molecule has 0 spiro atoms. The van der Waals surface area contributed by atoms with Crippen molar-refractivity contribution in [3.05, 3.63) is 16.1 Å². The third kappa shape index (κ3) is 2.09. The van der Waals surface area contributed by atoms with E-state index in [0.717, 1.165) is 32.5 Å². The van der Waals surface area contributed by atoms with Crippen molar-refractivity contribution >= 4 is 11.3 Å². The lowest BCUT2D eigenvalue weighted by Crippen LogP contribution is -2.13. The van der Waals surface area contributed by atoms with Gasteiger partial charge in [0.15, 0.2) is 0 Å². The van der Waals surface area contributed by atoms with Gasteiger partial charge in [0.05, 0.1) is 5.01 Å². The first-order chi connectivity index (χ1) is 6.40. The third-order valence-electron chi connectivity index (χ3n) is 2.49. The number of ether oxygens (including phenoxy) is 1. The number of aromatic nitrogens is 1. The lowest BCUT2D eigenvalue weighted by atomic mass is 10.0. The first-order valence-electron chi connectivity index (χ1n) is 4.92. The van der Waals surface area contributed by atoms with Gasteiger partial charge in [-0.2, -0.15) is 0 Å². The van der Waals surface area contributed by atoms with Crippen molar-refractivity contribution in [3.8, 4) is 0 Å². The zero-order chi connectivity index (χ0) is 9.10. The van der Waals surface area contributed by atoms with Crippen molar-refractivity contribution in [2.45, 2.75) is 32.1 Å². The van der Waals surface area contributed by atoms with Crippen LogP contribution in [0.1, 0.15) is 35.6 Å². The molecular formula is C10H15NOS. The van der Waals surface area contributed by atoms with Crippen molar-refractivity contribution < 1.29 is 4.74 Å². The Morgan fingerprint density at radius 1 is 1.54 bits per heavy atom. The van der Waals surface area contributed by atoms with Crippen molar-refractivity contribution in [1.82, 2.24) is 4.98 Å². The molecule has 72 valence electrons. The van der Waals surface area contributed by atoms with Crippen molar-refractivity contribution in [2.24, 2.45) is 0 Å². The summed E-state index contributed by atoms with van der Waals surface area (Å²) in [6.07, 6.45) is 5.43. The number of rotatable bonds is 2. The Kier molecular flexibility index (Phi) is 2.96. The van der Waals surface area contributed by atoms with E-state index in [1.54, 1.807) is 0 Å². The fourth-order valence-corrected chi connectivity index (χ4v) is 2.65. The Bertz CT molecular complexity index is 266. The Hall–Kier alpha value is -0.410. The Morgan fingerprint density at radius 2 is 2.31 bits per heavy atom. The summed E-state index contributed by atoms with van der Waals surface area (Å²) in [5.41, 5.74) is 0. The van der Waals surface area contributed by atoms with E-state index >= 15 is 0 Å². The number of thiazole rings is 1. The Morgan fingerprint density at radius 3 is 2.92 bits per heavy atom. The molecule has 0 N–H and O–H groups in total. The topological polar surface area (TPSA) is 22.1 Å². The molecule has 13 heavy (non-hydrogen) atoms. The molecule has 0 aromatic carbocycles. The molecule has 0 bridgehead atoms. The van der Waals surface area contributed by atoms with E-state index in [2.05, 4.69) is 11.9 Å². The minimum absolute atomic E-state index is 0.666. The molecule has 1 aromatic rings. The van der Waals surface area contributed by atoms with E-state index in [-0.39, 0.29) is 0 Å². The minimum Gasteiger partial charge on any atom is -0.381 e. The molecule has 2 rings (SSSR count). The number of aryl methyl sites for hydroxylation is 1. The van der Waals surface area contributed by atoms with Crippen LogP contribution in [0.25, 0.3) is 0 Å². The molecule has 2 nitrogen and oxygen atoms in total. The van der Waals surface area contributed by atoms with Crippen LogP contribution in [0.15, 0.2) is 6.20 Å².